The maximum Gasteiger partial charge on any atom is 0.409 e. The van der Waals surface area contributed by atoms with E-state index in [1.165, 1.54) is 6.33 Å². The van der Waals surface area contributed by atoms with Crippen LogP contribution < -0.4 is 9.47 Å². The Morgan fingerprint density at radius 3 is 2.41 bits per heavy atom. The number of hydrogen-bond donors (Lipinski definition) is 2. The Kier molecular flexibility index (Phi) is 9.08. The number of likely N-dealkylation sites (tertiary alicyclic amines) is 1. The molecule has 12 heteroatoms. The minimum Gasteiger partial charge on any atom is -0.474 e. The van der Waals surface area contributed by atoms with Crippen LogP contribution in [0.4, 0.5) is 4.79 Å². The van der Waals surface area contributed by atoms with Crippen molar-refractivity contribution in [2.75, 3.05) is 32.9 Å². The first-order valence-electron chi connectivity index (χ1n) is 12.4. The number of hydrogen-bond acceptors (Lipinski definition) is 10. The lowest BCUT2D eigenvalue weighted by Crippen LogP contribution is -2.42. The molecule has 2 N–H and O–H groups in total. The van der Waals surface area contributed by atoms with Gasteiger partial charge in [0.1, 0.15) is 18.2 Å². The minimum absolute atomic E-state index is 0.0352. The van der Waals surface area contributed by atoms with Gasteiger partial charge < -0.3 is 19.1 Å². The summed E-state index contributed by atoms with van der Waals surface area (Å²) in [7, 11) is 0. The van der Waals surface area contributed by atoms with Gasteiger partial charge in [-0.05, 0) is 37.0 Å². The van der Waals surface area contributed by atoms with Crippen LogP contribution in [0.25, 0.3) is 0 Å². The van der Waals surface area contributed by atoms with Crippen molar-refractivity contribution in [1.29, 1.82) is 0 Å². The fourth-order valence-electron chi connectivity index (χ4n) is 3.99. The fourth-order valence-corrected chi connectivity index (χ4v) is 4.80. The Morgan fingerprint density at radius 2 is 1.76 bits per heavy atom. The molecule has 0 atom stereocenters. The zero-order valence-electron chi connectivity index (χ0n) is 21.4. The van der Waals surface area contributed by atoms with E-state index in [1.54, 1.807) is 4.90 Å². The molecule has 204 valence electrons. The lowest BCUT2D eigenvalue weighted by atomic mass is 10.0. The van der Waals surface area contributed by atoms with Crippen LogP contribution in [0.2, 0.25) is 0 Å². The van der Waals surface area contributed by atoms with Gasteiger partial charge in [-0.25, -0.2) is 14.8 Å². The normalized spacial score (nSPS) is 19.5. The Bertz CT molecular complexity index is 1030. The number of nitrogens with zero attached hydrogens (tertiary/aromatic N) is 3. The second kappa shape index (κ2) is 12.3. The Balaban J connectivity index is 1.28. The Labute approximate surface area is 218 Å². The van der Waals surface area contributed by atoms with E-state index in [0.717, 1.165) is 5.56 Å². The van der Waals surface area contributed by atoms with Gasteiger partial charge >= 0.3 is 6.09 Å². The van der Waals surface area contributed by atoms with Gasteiger partial charge in [-0.2, -0.15) is 0 Å². The maximum atomic E-state index is 12.2. The summed E-state index contributed by atoms with van der Waals surface area (Å²) in [5.41, 5.74) is 1.74. The predicted octanol–water partition coefficient (Wildman–Crippen LogP) is 5.00. The molecule has 0 radical (unpaired) electrons. The third kappa shape index (κ3) is 7.92. The van der Waals surface area contributed by atoms with Crippen molar-refractivity contribution in [2.24, 2.45) is 11.8 Å². The van der Waals surface area contributed by atoms with Crippen LogP contribution >= 0.6 is 11.2 Å². The summed E-state index contributed by atoms with van der Waals surface area (Å²) in [4.78, 5) is 22.5. The van der Waals surface area contributed by atoms with Crippen molar-refractivity contribution >= 4 is 17.2 Å². The van der Waals surface area contributed by atoms with E-state index in [0.29, 0.717) is 67.9 Å². The molecule has 2 aromatic rings. The SMILES string of the molecule is Cc1c(Oc2ccc(CC3COS(O)(O)OC3)cc2)ncnc1OC1CCN(C(=O)OCC(C)C)CC1. The summed E-state index contributed by atoms with van der Waals surface area (Å²) in [6.45, 7) is 7.89. The van der Waals surface area contributed by atoms with E-state index >= 15 is 0 Å². The number of aromatic nitrogens is 2. The smallest absolute Gasteiger partial charge is 0.409 e. The molecule has 0 aliphatic carbocycles. The number of rotatable bonds is 8. The summed E-state index contributed by atoms with van der Waals surface area (Å²) >= 11 is -3.34. The number of benzene rings is 1. The van der Waals surface area contributed by atoms with Crippen molar-refractivity contribution in [3.05, 3.63) is 41.7 Å². The molecule has 0 saturated carbocycles. The van der Waals surface area contributed by atoms with E-state index in [1.807, 2.05) is 45.0 Å². The van der Waals surface area contributed by atoms with Gasteiger partial charge in [0, 0.05) is 31.8 Å². The highest BCUT2D eigenvalue weighted by molar-refractivity contribution is 8.16. The van der Waals surface area contributed by atoms with Crippen molar-refractivity contribution < 1.29 is 36.5 Å². The van der Waals surface area contributed by atoms with Crippen LogP contribution in [0.15, 0.2) is 30.6 Å². The molecule has 11 nitrogen and oxygen atoms in total. The largest absolute Gasteiger partial charge is 0.474 e. The molecule has 37 heavy (non-hydrogen) atoms. The Morgan fingerprint density at radius 1 is 1.11 bits per heavy atom. The quantitative estimate of drug-likeness (QED) is 0.474. The third-order valence-electron chi connectivity index (χ3n) is 6.09. The topological polar surface area (TPSA) is 133 Å². The first-order valence-corrected chi connectivity index (χ1v) is 13.8. The molecule has 2 fully saturated rings. The number of carbonyl (C=O) groups is 1. The molecule has 2 saturated heterocycles. The average Bonchev–Trinajstić information content (AvgIpc) is 2.88. The zero-order valence-corrected chi connectivity index (χ0v) is 22.2. The van der Waals surface area contributed by atoms with Crippen molar-refractivity contribution in [1.82, 2.24) is 14.9 Å². The second-order valence-corrected chi connectivity index (χ2v) is 11.1. The summed E-state index contributed by atoms with van der Waals surface area (Å²) < 4.78 is 46.1. The number of ether oxygens (including phenoxy) is 3. The maximum absolute atomic E-state index is 12.2. The van der Waals surface area contributed by atoms with Gasteiger partial charge in [0.25, 0.3) is 0 Å². The van der Waals surface area contributed by atoms with Gasteiger partial charge in [-0.1, -0.05) is 26.0 Å². The first kappa shape index (κ1) is 27.4. The van der Waals surface area contributed by atoms with Crippen LogP contribution in [-0.4, -0.2) is 69.1 Å². The summed E-state index contributed by atoms with van der Waals surface area (Å²) in [6, 6.07) is 7.58. The van der Waals surface area contributed by atoms with E-state index in [4.69, 9.17) is 22.6 Å². The second-order valence-electron chi connectivity index (χ2n) is 9.72. The van der Waals surface area contributed by atoms with Crippen LogP contribution in [0.5, 0.6) is 17.5 Å². The minimum atomic E-state index is -3.34. The van der Waals surface area contributed by atoms with E-state index < -0.39 is 11.2 Å². The highest BCUT2D eigenvalue weighted by Crippen LogP contribution is 2.45. The van der Waals surface area contributed by atoms with Gasteiger partial charge in [-0.15, -0.1) is 0 Å². The van der Waals surface area contributed by atoms with Crippen LogP contribution in [0, 0.1) is 18.8 Å². The molecule has 3 heterocycles. The third-order valence-corrected chi connectivity index (χ3v) is 6.97. The molecular formula is C25H35N3O8S. The number of carbonyl (C=O) groups excluding carboxylic acids is 1. The molecular weight excluding hydrogens is 502 g/mol. The molecule has 2 aliphatic heterocycles. The van der Waals surface area contributed by atoms with Crippen molar-refractivity contribution in [3.63, 3.8) is 0 Å². The van der Waals surface area contributed by atoms with E-state index in [-0.39, 0.29) is 31.3 Å². The monoisotopic (exact) mass is 537 g/mol. The van der Waals surface area contributed by atoms with Gasteiger partial charge in [0.2, 0.25) is 22.9 Å². The molecule has 1 aromatic carbocycles. The molecule has 0 spiro atoms. The zero-order chi connectivity index (χ0) is 26.4. The molecule has 2 aliphatic rings. The number of piperidine rings is 1. The van der Waals surface area contributed by atoms with Gasteiger partial charge in [-0.3, -0.25) is 17.5 Å². The standard InChI is InChI=1S/C25H35N3O8S/c1-17(2)13-32-25(29)28-10-8-22(9-11-28)36-24-18(3)23(26-16-27-24)35-21-6-4-19(5-7-21)12-20-14-33-37(30,31)34-15-20/h4-7,16-17,20,22,30-31H,8-15H2,1-3H3. The van der Waals surface area contributed by atoms with Crippen molar-refractivity contribution in [3.8, 4) is 17.5 Å². The van der Waals surface area contributed by atoms with Gasteiger partial charge in [0.05, 0.1) is 25.4 Å². The Hall–Kier alpha value is -2.64. The highest BCUT2D eigenvalue weighted by Gasteiger charge is 2.29. The lowest BCUT2D eigenvalue weighted by molar-refractivity contribution is 0.0602. The van der Waals surface area contributed by atoms with E-state index in [2.05, 4.69) is 9.97 Å². The molecule has 0 unspecified atom stereocenters. The van der Waals surface area contributed by atoms with Crippen LogP contribution in [0.3, 0.4) is 0 Å². The lowest BCUT2D eigenvalue weighted by Gasteiger charge is -2.33. The van der Waals surface area contributed by atoms with Gasteiger partial charge in [0.15, 0.2) is 0 Å². The van der Waals surface area contributed by atoms with E-state index in [9.17, 15) is 13.9 Å². The van der Waals surface area contributed by atoms with Crippen LogP contribution in [-0.2, 0) is 19.5 Å². The molecule has 1 amide bonds. The van der Waals surface area contributed by atoms with Crippen molar-refractivity contribution in [2.45, 2.75) is 46.1 Å². The summed E-state index contributed by atoms with van der Waals surface area (Å²) in [6.07, 6.45) is 3.13. The summed E-state index contributed by atoms with van der Waals surface area (Å²) in [5.74, 6) is 1.83. The fraction of sp³-hybridized carbons (Fsp3) is 0.560. The molecule has 1 aromatic heterocycles. The average molecular weight is 538 g/mol. The first-order chi connectivity index (χ1) is 17.7. The predicted molar refractivity (Wildman–Crippen MR) is 137 cm³/mol. The number of amides is 1. The summed E-state index contributed by atoms with van der Waals surface area (Å²) in [5, 5.41) is 0. The molecule has 4 rings (SSSR count). The molecule has 0 bridgehead atoms. The van der Waals surface area contributed by atoms with Crippen LogP contribution in [0.1, 0.15) is 37.8 Å². The highest BCUT2D eigenvalue weighted by atomic mass is 32.3.